The predicted octanol–water partition coefficient (Wildman–Crippen LogP) is 2.63. The van der Waals surface area contributed by atoms with Crippen molar-refractivity contribution in [3.63, 3.8) is 0 Å². The lowest BCUT2D eigenvalue weighted by Gasteiger charge is -2.03. The van der Waals surface area contributed by atoms with Crippen LogP contribution in [0.15, 0.2) is 53.3 Å². The van der Waals surface area contributed by atoms with Crippen LogP contribution in [-0.2, 0) is 0 Å². The van der Waals surface area contributed by atoms with Crippen LogP contribution in [0, 0.1) is 6.92 Å². The Morgan fingerprint density at radius 3 is 2.47 bits per heavy atom. The summed E-state index contributed by atoms with van der Waals surface area (Å²) in [6, 6.07) is 15.7. The summed E-state index contributed by atoms with van der Waals surface area (Å²) in [5.74, 6) is 0. The van der Waals surface area contributed by atoms with Crippen LogP contribution >= 0.6 is 0 Å². The molecule has 0 bridgehead atoms. The van der Waals surface area contributed by atoms with Gasteiger partial charge in [0.1, 0.15) is 0 Å². The van der Waals surface area contributed by atoms with Gasteiger partial charge in [0.2, 0.25) is 0 Å². The van der Waals surface area contributed by atoms with Crippen molar-refractivity contribution in [2.75, 3.05) is 0 Å². The number of aromatic nitrogens is 2. The highest BCUT2D eigenvalue weighted by Crippen LogP contribution is 2.17. The molecule has 84 valence electrons. The zero-order chi connectivity index (χ0) is 11.8. The van der Waals surface area contributed by atoms with Crippen LogP contribution in [0.4, 0.5) is 0 Å². The van der Waals surface area contributed by atoms with Crippen LogP contribution in [0.5, 0.6) is 0 Å². The minimum Gasteiger partial charge on any atom is -0.295 e. The van der Waals surface area contributed by atoms with Gasteiger partial charge in [-0.15, -0.1) is 0 Å². The Bertz CT molecular complexity index is 737. The fourth-order valence-corrected chi connectivity index (χ4v) is 2.02. The van der Waals surface area contributed by atoms with Gasteiger partial charge in [-0.1, -0.05) is 30.3 Å². The van der Waals surface area contributed by atoms with E-state index in [1.807, 2.05) is 43.3 Å². The zero-order valence-corrected chi connectivity index (χ0v) is 9.47. The Labute approximate surface area is 98.3 Å². The molecule has 3 aromatic rings. The number of nitrogens with one attached hydrogen (secondary N) is 1. The van der Waals surface area contributed by atoms with Gasteiger partial charge in [-0.05, 0) is 29.8 Å². The van der Waals surface area contributed by atoms with Crippen LogP contribution < -0.4 is 5.56 Å². The van der Waals surface area contributed by atoms with Gasteiger partial charge >= 0.3 is 0 Å². The van der Waals surface area contributed by atoms with Gasteiger partial charge in [0.25, 0.3) is 5.56 Å². The third-order valence-corrected chi connectivity index (χ3v) is 2.84. The van der Waals surface area contributed by atoms with Crippen molar-refractivity contribution in [3.05, 3.63) is 64.6 Å². The van der Waals surface area contributed by atoms with Crippen molar-refractivity contribution in [1.29, 1.82) is 0 Å². The van der Waals surface area contributed by atoms with E-state index in [1.54, 1.807) is 10.7 Å². The van der Waals surface area contributed by atoms with E-state index in [1.165, 1.54) is 5.39 Å². The summed E-state index contributed by atoms with van der Waals surface area (Å²) < 4.78 is 1.56. The fraction of sp³-hybridized carbons (Fsp3) is 0.0714. The van der Waals surface area contributed by atoms with Crippen LogP contribution in [0.3, 0.4) is 0 Å². The van der Waals surface area contributed by atoms with Gasteiger partial charge in [-0.25, -0.2) is 4.68 Å². The van der Waals surface area contributed by atoms with Gasteiger partial charge in [0, 0.05) is 11.8 Å². The predicted molar refractivity (Wildman–Crippen MR) is 68.6 cm³/mol. The summed E-state index contributed by atoms with van der Waals surface area (Å²) in [5, 5.41) is 5.33. The fourth-order valence-electron chi connectivity index (χ4n) is 2.02. The average Bonchev–Trinajstić information content (AvgIpc) is 2.68. The van der Waals surface area contributed by atoms with E-state index < -0.39 is 0 Å². The molecular formula is C14H12N2O. The molecule has 0 radical (unpaired) electrons. The topological polar surface area (TPSA) is 37.8 Å². The van der Waals surface area contributed by atoms with E-state index in [-0.39, 0.29) is 5.56 Å². The number of H-pyrrole nitrogens is 1. The number of hydrogen-bond donors (Lipinski definition) is 1. The molecule has 0 saturated carbocycles. The molecule has 0 saturated heterocycles. The van der Waals surface area contributed by atoms with Crippen LogP contribution in [0.1, 0.15) is 5.69 Å². The highest BCUT2D eigenvalue weighted by Gasteiger charge is 2.03. The maximum absolute atomic E-state index is 11.7. The first-order valence-corrected chi connectivity index (χ1v) is 5.52. The van der Waals surface area contributed by atoms with Crippen molar-refractivity contribution >= 4 is 10.8 Å². The zero-order valence-electron chi connectivity index (χ0n) is 9.47. The molecule has 0 spiro atoms. The molecule has 0 fully saturated rings. The summed E-state index contributed by atoms with van der Waals surface area (Å²) in [4.78, 5) is 11.7. The Hall–Kier alpha value is -2.29. The minimum absolute atomic E-state index is 0.0298. The van der Waals surface area contributed by atoms with Gasteiger partial charge < -0.3 is 0 Å². The van der Waals surface area contributed by atoms with Gasteiger partial charge in [0.05, 0.1) is 5.69 Å². The first-order chi connectivity index (χ1) is 8.24. The molecule has 2 aromatic carbocycles. The maximum atomic E-state index is 11.7. The lowest BCUT2D eigenvalue weighted by molar-refractivity contribution is 0.836. The van der Waals surface area contributed by atoms with Gasteiger partial charge in [-0.2, -0.15) is 0 Å². The molecule has 0 atom stereocenters. The van der Waals surface area contributed by atoms with E-state index in [9.17, 15) is 4.79 Å². The van der Waals surface area contributed by atoms with Crippen LogP contribution in [0.2, 0.25) is 0 Å². The molecule has 17 heavy (non-hydrogen) atoms. The number of fused-ring (bicyclic) bond motifs is 1. The highest BCUT2D eigenvalue weighted by molar-refractivity contribution is 5.84. The molecule has 0 amide bonds. The van der Waals surface area contributed by atoms with Crippen LogP contribution in [0.25, 0.3) is 16.5 Å². The van der Waals surface area contributed by atoms with E-state index in [0.717, 1.165) is 16.8 Å². The highest BCUT2D eigenvalue weighted by atomic mass is 16.1. The summed E-state index contributed by atoms with van der Waals surface area (Å²) >= 11 is 0. The first kappa shape index (κ1) is 9.90. The largest absolute Gasteiger partial charge is 0.295 e. The third-order valence-electron chi connectivity index (χ3n) is 2.84. The molecule has 3 heteroatoms. The first-order valence-electron chi connectivity index (χ1n) is 5.52. The Morgan fingerprint density at radius 1 is 1.00 bits per heavy atom. The number of rotatable bonds is 1. The van der Waals surface area contributed by atoms with Crippen molar-refractivity contribution in [1.82, 2.24) is 9.78 Å². The average molecular weight is 224 g/mol. The molecular weight excluding hydrogens is 212 g/mol. The van der Waals surface area contributed by atoms with Crippen molar-refractivity contribution in [2.45, 2.75) is 6.92 Å². The van der Waals surface area contributed by atoms with Crippen molar-refractivity contribution in [3.8, 4) is 5.69 Å². The molecule has 0 aliphatic rings. The molecule has 0 aliphatic heterocycles. The van der Waals surface area contributed by atoms with Gasteiger partial charge in [0.15, 0.2) is 0 Å². The Balaban J connectivity index is 2.25. The molecule has 1 heterocycles. The standard InChI is InChI=1S/C14H12N2O/c1-10-8-14(17)16(15-10)13-7-6-11-4-2-3-5-12(11)9-13/h2-9,15H,1H3. The summed E-state index contributed by atoms with van der Waals surface area (Å²) in [5.41, 5.74) is 1.70. The Kier molecular flexibility index (Phi) is 2.11. The molecule has 0 unspecified atom stereocenters. The molecule has 1 N–H and O–H groups in total. The lowest BCUT2D eigenvalue weighted by atomic mass is 10.1. The number of benzene rings is 2. The normalized spacial score (nSPS) is 10.9. The second-order valence-corrected chi connectivity index (χ2v) is 4.14. The number of aromatic amines is 1. The number of nitrogens with zero attached hydrogens (tertiary/aromatic N) is 1. The minimum atomic E-state index is -0.0298. The second kappa shape index (κ2) is 3.63. The maximum Gasteiger partial charge on any atom is 0.271 e. The van der Waals surface area contributed by atoms with E-state index in [4.69, 9.17) is 0 Å². The Morgan fingerprint density at radius 2 is 1.76 bits per heavy atom. The van der Waals surface area contributed by atoms with Crippen molar-refractivity contribution in [2.24, 2.45) is 0 Å². The molecule has 1 aromatic heterocycles. The summed E-state index contributed by atoms with van der Waals surface area (Å²) in [6.45, 7) is 1.87. The quantitative estimate of drug-likeness (QED) is 0.678. The summed E-state index contributed by atoms with van der Waals surface area (Å²) in [6.07, 6.45) is 0. The van der Waals surface area contributed by atoms with E-state index in [2.05, 4.69) is 11.2 Å². The van der Waals surface area contributed by atoms with E-state index in [0.29, 0.717) is 0 Å². The van der Waals surface area contributed by atoms with E-state index >= 15 is 0 Å². The van der Waals surface area contributed by atoms with Crippen molar-refractivity contribution < 1.29 is 0 Å². The molecule has 3 rings (SSSR count). The molecule has 0 aliphatic carbocycles. The second-order valence-electron chi connectivity index (χ2n) is 4.14. The smallest absolute Gasteiger partial charge is 0.271 e. The SMILES string of the molecule is Cc1cc(=O)n(-c2ccc3ccccc3c2)[nH]1. The number of aryl methyl sites for hydroxylation is 1. The van der Waals surface area contributed by atoms with Crippen LogP contribution in [-0.4, -0.2) is 9.78 Å². The number of hydrogen-bond acceptors (Lipinski definition) is 1. The third kappa shape index (κ3) is 1.65. The lowest BCUT2D eigenvalue weighted by Crippen LogP contribution is -2.13. The monoisotopic (exact) mass is 224 g/mol. The summed E-state index contributed by atoms with van der Waals surface area (Å²) in [7, 11) is 0. The molecule has 3 nitrogen and oxygen atoms in total. The van der Waals surface area contributed by atoms with Gasteiger partial charge in [-0.3, -0.25) is 9.89 Å².